The van der Waals surface area contributed by atoms with Crippen LogP contribution in [0.25, 0.3) is 22.6 Å². The molecule has 2 aromatic carbocycles. The Bertz CT molecular complexity index is 1530. The first-order chi connectivity index (χ1) is 18.7. The van der Waals surface area contributed by atoms with Crippen LogP contribution in [0, 0.1) is 5.92 Å². The van der Waals surface area contributed by atoms with E-state index in [1.165, 1.54) is 6.33 Å². The Morgan fingerprint density at radius 1 is 1.18 bits per heavy atom. The van der Waals surface area contributed by atoms with Gasteiger partial charge in [0.15, 0.2) is 11.2 Å². The van der Waals surface area contributed by atoms with Crippen molar-refractivity contribution in [1.82, 2.24) is 19.5 Å². The summed E-state index contributed by atoms with van der Waals surface area (Å²) in [4.78, 5) is 25.2. The molecule has 0 aliphatic heterocycles. The van der Waals surface area contributed by atoms with E-state index in [4.69, 9.17) is 37.7 Å². The van der Waals surface area contributed by atoms with Gasteiger partial charge in [0, 0.05) is 16.1 Å². The maximum Gasteiger partial charge on any atom is 0.306 e. The van der Waals surface area contributed by atoms with Crippen molar-refractivity contribution in [2.45, 2.75) is 58.1 Å². The second kappa shape index (κ2) is 11.0. The number of halogens is 2. The van der Waals surface area contributed by atoms with E-state index in [0.717, 1.165) is 29.5 Å². The molecule has 10 heteroatoms. The molecule has 1 aliphatic rings. The lowest BCUT2D eigenvalue weighted by molar-refractivity contribution is -0.141. The summed E-state index contributed by atoms with van der Waals surface area (Å²) in [6.45, 7) is 4.15. The predicted molar refractivity (Wildman–Crippen MR) is 151 cm³/mol. The summed E-state index contributed by atoms with van der Waals surface area (Å²) in [5, 5.41) is 10.4. The average molecular weight is 569 g/mol. The number of nitrogens with zero attached hydrogens (tertiary/aromatic N) is 4. The fourth-order valence-corrected chi connectivity index (χ4v) is 5.07. The number of aryl methyl sites for hydroxylation is 1. The lowest BCUT2D eigenvalue weighted by Gasteiger charge is -2.15. The van der Waals surface area contributed by atoms with Crippen molar-refractivity contribution in [2.75, 3.05) is 7.11 Å². The molecule has 1 saturated carbocycles. The Hall–Kier alpha value is -3.36. The third-order valence-electron chi connectivity index (χ3n) is 7.19. The molecule has 0 bridgehead atoms. The Labute approximate surface area is 236 Å². The van der Waals surface area contributed by atoms with Gasteiger partial charge in [-0.15, -0.1) is 0 Å². The number of carbonyl (C=O) groups is 1. The van der Waals surface area contributed by atoms with Crippen LogP contribution in [0.3, 0.4) is 0 Å². The van der Waals surface area contributed by atoms with Crippen LogP contribution in [0.5, 0.6) is 11.6 Å². The second-order valence-electron chi connectivity index (χ2n) is 10.3. The SMILES string of the molecule is COc1ccc(Cl)cc1Cn1c(-c2cccc(CCCC(C)C(=O)O)c2Cl)nc2c(OC3(C)CC3)ncnc21. The topological polar surface area (TPSA) is 99.4 Å². The number of ether oxygens (including phenoxy) is 2. The van der Waals surface area contributed by atoms with Crippen LogP contribution in [0.2, 0.25) is 10.0 Å². The molecular formula is C29H30Cl2N4O4. The summed E-state index contributed by atoms with van der Waals surface area (Å²) in [5.41, 5.74) is 3.44. The second-order valence-corrected chi connectivity index (χ2v) is 11.1. The molecule has 0 saturated heterocycles. The van der Waals surface area contributed by atoms with Crippen molar-refractivity contribution in [2.24, 2.45) is 5.92 Å². The van der Waals surface area contributed by atoms with E-state index in [9.17, 15) is 9.90 Å². The van der Waals surface area contributed by atoms with E-state index in [2.05, 4.69) is 16.9 Å². The van der Waals surface area contributed by atoms with Gasteiger partial charge in [-0.1, -0.05) is 42.3 Å². The summed E-state index contributed by atoms with van der Waals surface area (Å²) in [6, 6.07) is 11.3. The molecule has 4 aromatic rings. The summed E-state index contributed by atoms with van der Waals surface area (Å²) in [6.07, 6.45) is 5.33. The average Bonchev–Trinajstić information content (AvgIpc) is 3.52. The van der Waals surface area contributed by atoms with Gasteiger partial charge in [0.05, 0.1) is 24.6 Å². The van der Waals surface area contributed by atoms with E-state index in [1.807, 2.05) is 34.9 Å². The van der Waals surface area contributed by atoms with E-state index < -0.39 is 11.9 Å². The number of aliphatic carboxylic acids is 1. The van der Waals surface area contributed by atoms with Gasteiger partial charge in [0.2, 0.25) is 5.88 Å². The van der Waals surface area contributed by atoms with Crippen molar-refractivity contribution in [1.29, 1.82) is 0 Å². The minimum Gasteiger partial charge on any atom is -0.496 e. The predicted octanol–water partition coefficient (Wildman–Crippen LogP) is 6.83. The van der Waals surface area contributed by atoms with Gasteiger partial charge in [0.1, 0.15) is 23.5 Å². The lowest BCUT2D eigenvalue weighted by atomic mass is 10.00. The van der Waals surface area contributed by atoms with Crippen LogP contribution in [-0.2, 0) is 17.8 Å². The van der Waals surface area contributed by atoms with Crippen LogP contribution in [-0.4, -0.2) is 43.3 Å². The standard InChI is InChI=1S/C29H30Cl2N4O4/c1-17(28(36)37)6-4-7-18-8-5-9-21(23(18)31)25-34-24-26(32-16-33-27(24)39-29(2)12-13-29)35(25)15-19-14-20(30)10-11-22(19)38-3/h5,8-11,14,16-17H,4,6-7,12-13,15H2,1-3H3,(H,36,37). The highest BCUT2D eigenvalue weighted by molar-refractivity contribution is 6.34. The fraction of sp³-hybridized carbons (Fsp3) is 0.379. The van der Waals surface area contributed by atoms with E-state index in [0.29, 0.717) is 64.5 Å². The van der Waals surface area contributed by atoms with E-state index in [-0.39, 0.29) is 5.60 Å². The Kier molecular flexibility index (Phi) is 7.69. The van der Waals surface area contributed by atoms with Crippen molar-refractivity contribution >= 4 is 40.3 Å². The molecule has 1 atom stereocenters. The normalized spacial score (nSPS) is 14.8. The number of carboxylic acids is 1. The smallest absolute Gasteiger partial charge is 0.306 e. The summed E-state index contributed by atoms with van der Waals surface area (Å²) < 4.78 is 13.8. The Morgan fingerprint density at radius 2 is 1.97 bits per heavy atom. The van der Waals surface area contributed by atoms with Crippen molar-refractivity contribution in [3.8, 4) is 23.0 Å². The van der Waals surface area contributed by atoms with Gasteiger partial charge in [-0.3, -0.25) is 4.79 Å². The van der Waals surface area contributed by atoms with Gasteiger partial charge < -0.3 is 19.1 Å². The third-order valence-corrected chi connectivity index (χ3v) is 7.87. The number of methoxy groups -OCH3 is 1. The van der Waals surface area contributed by atoms with E-state index in [1.54, 1.807) is 20.1 Å². The van der Waals surface area contributed by atoms with E-state index >= 15 is 0 Å². The highest BCUT2D eigenvalue weighted by atomic mass is 35.5. The van der Waals surface area contributed by atoms with Crippen LogP contribution in [0.15, 0.2) is 42.7 Å². The molecule has 0 spiro atoms. The number of hydrogen-bond donors (Lipinski definition) is 1. The number of carboxylic acid groups (broad SMARTS) is 1. The molecule has 39 heavy (non-hydrogen) atoms. The molecule has 0 amide bonds. The molecule has 2 heterocycles. The fourth-order valence-electron chi connectivity index (χ4n) is 4.57. The zero-order valence-electron chi connectivity index (χ0n) is 22.1. The van der Waals surface area contributed by atoms with Gasteiger partial charge in [-0.2, -0.15) is 4.98 Å². The number of rotatable bonds is 11. The van der Waals surface area contributed by atoms with Crippen molar-refractivity contribution < 1.29 is 19.4 Å². The lowest BCUT2D eigenvalue weighted by Crippen LogP contribution is -2.13. The minimum atomic E-state index is -0.792. The molecule has 1 N–H and O–H groups in total. The zero-order valence-corrected chi connectivity index (χ0v) is 23.6. The highest BCUT2D eigenvalue weighted by Crippen LogP contribution is 2.41. The molecule has 1 aliphatic carbocycles. The van der Waals surface area contributed by atoms with Gasteiger partial charge in [-0.05, 0) is 68.9 Å². The maximum absolute atomic E-state index is 11.2. The summed E-state index contributed by atoms with van der Waals surface area (Å²) in [5.74, 6) is 0.543. The molecule has 1 unspecified atom stereocenters. The quantitative estimate of drug-likeness (QED) is 0.211. The monoisotopic (exact) mass is 568 g/mol. The van der Waals surface area contributed by atoms with Crippen molar-refractivity contribution in [3.63, 3.8) is 0 Å². The summed E-state index contributed by atoms with van der Waals surface area (Å²) >= 11 is 13.3. The van der Waals surface area contributed by atoms with Gasteiger partial charge >= 0.3 is 5.97 Å². The molecule has 8 nitrogen and oxygen atoms in total. The van der Waals surface area contributed by atoms with Crippen LogP contribution in [0.1, 0.15) is 50.7 Å². The number of aromatic nitrogens is 4. The van der Waals surface area contributed by atoms with Gasteiger partial charge in [0.25, 0.3) is 0 Å². The van der Waals surface area contributed by atoms with Crippen LogP contribution < -0.4 is 9.47 Å². The summed E-state index contributed by atoms with van der Waals surface area (Å²) in [7, 11) is 1.62. The molecule has 0 radical (unpaired) electrons. The first kappa shape index (κ1) is 27.2. The molecule has 5 rings (SSSR count). The molecular weight excluding hydrogens is 539 g/mol. The van der Waals surface area contributed by atoms with Crippen LogP contribution >= 0.6 is 23.2 Å². The third kappa shape index (κ3) is 5.82. The number of benzene rings is 2. The van der Waals surface area contributed by atoms with Crippen LogP contribution in [0.4, 0.5) is 0 Å². The highest BCUT2D eigenvalue weighted by Gasteiger charge is 2.41. The Balaban J connectivity index is 1.60. The largest absolute Gasteiger partial charge is 0.496 e. The number of hydrogen-bond acceptors (Lipinski definition) is 6. The number of imidazole rings is 1. The number of fused-ring (bicyclic) bond motifs is 1. The first-order valence-corrected chi connectivity index (χ1v) is 13.7. The van der Waals surface area contributed by atoms with Crippen molar-refractivity contribution in [3.05, 3.63) is 63.9 Å². The first-order valence-electron chi connectivity index (χ1n) is 12.9. The molecule has 204 valence electrons. The maximum atomic E-state index is 11.2. The van der Waals surface area contributed by atoms with Gasteiger partial charge in [-0.25, -0.2) is 9.97 Å². The molecule has 2 aromatic heterocycles. The zero-order chi connectivity index (χ0) is 27.7. The minimum absolute atomic E-state index is 0.244. The Morgan fingerprint density at radius 3 is 2.69 bits per heavy atom. The molecule has 1 fully saturated rings.